The summed E-state index contributed by atoms with van der Waals surface area (Å²) >= 11 is -0.999. The van der Waals surface area contributed by atoms with Gasteiger partial charge in [-0.15, -0.1) is 0 Å². The quantitative estimate of drug-likeness (QED) is 0.346. The third-order valence-electron chi connectivity index (χ3n) is 8.51. The summed E-state index contributed by atoms with van der Waals surface area (Å²) in [6.07, 6.45) is 10.1. The third-order valence-corrected chi connectivity index (χ3v) is 14.1. The van der Waals surface area contributed by atoms with Gasteiger partial charge in [0.05, 0.1) is 0 Å². The molecule has 0 aromatic carbocycles. The molecular formula is C26H42Zn. The van der Waals surface area contributed by atoms with Crippen LogP contribution in [0.15, 0.2) is 42.8 Å². The molecule has 1 heteroatoms. The molecule has 2 rings (SSSR count). The molecule has 0 aliphatic heterocycles. The molecule has 0 saturated heterocycles. The molecule has 0 N–H and O–H groups in total. The van der Waals surface area contributed by atoms with E-state index in [1.54, 1.807) is 22.3 Å². The molecule has 0 nitrogen and oxygen atoms in total. The number of hydrogen-bond acceptors (Lipinski definition) is 0. The molecule has 0 radical (unpaired) electrons. The Kier molecular flexibility index (Phi) is 7.22. The Morgan fingerprint density at radius 2 is 1.11 bits per heavy atom. The molecule has 148 valence electrons. The summed E-state index contributed by atoms with van der Waals surface area (Å²) in [6, 6.07) is 0. The van der Waals surface area contributed by atoms with Crippen molar-refractivity contribution in [3.05, 3.63) is 42.8 Å². The van der Waals surface area contributed by atoms with Gasteiger partial charge in [-0.2, -0.15) is 0 Å². The van der Waals surface area contributed by atoms with Crippen molar-refractivity contribution in [1.82, 2.24) is 0 Å². The summed E-state index contributed by atoms with van der Waals surface area (Å²) in [7, 11) is 0. The summed E-state index contributed by atoms with van der Waals surface area (Å²) in [5, 5.41) is 0. The van der Waals surface area contributed by atoms with E-state index in [0.717, 1.165) is 0 Å². The predicted octanol–water partition coefficient (Wildman–Crippen LogP) is 8.42. The second kappa shape index (κ2) is 8.53. The van der Waals surface area contributed by atoms with Gasteiger partial charge in [0.2, 0.25) is 0 Å². The van der Waals surface area contributed by atoms with E-state index in [-0.39, 0.29) is 0 Å². The second-order valence-corrected chi connectivity index (χ2v) is 13.9. The Bertz CT molecular complexity index is 638. The predicted molar refractivity (Wildman–Crippen MR) is 117 cm³/mol. The third kappa shape index (κ3) is 4.01. The number of rotatable bonds is 8. The first-order valence-corrected chi connectivity index (χ1v) is 14.3. The average molecular weight is 420 g/mol. The molecule has 27 heavy (non-hydrogen) atoms. The van der Waals surface area contributed by atoms with Crippen LogP contribution in [-0.2, 0) is 17.1 Å². The van der Waals surface area contributed by atoms with Crippen LogP contribution in [0.5, 0.6) is 0 Å². The Morgan fingerprint density at radius 1 is 0.778 bits per heavy atom. The summed E-state index contributed by atoms with van der Waals surface area (Å²) in [5.74, 6) is 1.39. The van der Waals surface area contributed by atoms with Crippen LogP contribution in [0.4, 0.5) is 0 Å². The van der Waals surface area contributed by atoms with Gasteiger partial charge >= 0.3 is 177 Å². The zero-order valence-corrected chi connectivity index (χ0v) is 22.8. The van der Waals surface area contributed by atoms with Crippen molar-refractivity contribution in [1.29, 1.82) is 0 Å². The fourth-order valence-corrected chi connectivity index (χ4v) is 10.8. The Hall–Kier alpha value is -0.417. The Balaban J connectivity index is 2.42. The normalized spacial score (nSPS) is 22.2. The van der Waals surface area contributed by atoms with Crippen molar-refractivity contribution >= 4 is 0 Å². The average Bonchev–Trinajstić information content (AvgIpc) is 3.17. The van der Waals surface area contributed by atoms with Crippen LogP contribution >= 0.6 is 0 Å². The number of allylic oxidation sites excluding steroid dienone is 8. The molecule has 0 fully saturated rings. The van der Waals surface area contributed by atoms with E-state index in [2.05, 4.69) is 81.4 Å². The first-order chi connectivity index (χ1) is 12.5. The van der Waals surface area contributed by atoms with Gasteiger partial charge in [-0.3, -0.25) is 0 Å². The van der Waals surface area contributed by atoms with Gasteiger partial charge in [-0.05, 0) is 0 Å². The molecule has 2 aliphatic rings. The van der Waals surface area contributed by atoms with E-state index in [1.807, 2.05) is 8.33 Å². The van der Waals surface area contributed by atoms with Crippen LogP contribution in [0.3, 0.4) is 0 Å². The Morgan fingerprint density at radius 3 is 1.37 bits per heavy atom. The van der Waals surface area contributed by atoms with Crippen LogP contribution < -0.4 is 0 Å². The maximum atomic E-state index is 2.59. The van der Waals surface area contributed by atoms with E-state index >= 15 is 0 Å². The summed E-state index contributed by atoms with van der Waals surface area (Å²) < 4.78 is 3.68. The topological polar surface area (TPSA) is 0 Å². The fraction of sp³-hybridized carbons (Fsp3) is 0.692. The van der Waals surface area contributed by atoms with Gasteiger partial charge < -0.3 is 0 Å². The molecule has 2 unspecified atom stereocenters. The van der Waals surface area contributed by atoms with Crippen LogP contribution in [0.1, 0.15) is 94.9 Å². The minimum atomic E-state index is -0.999. The summed E-state index contributed by atoms with van der Waals surface area (Å²) in [5.41, 5.74) is 7.49. The second-order valence-electron chi connectivity index (χ2n) is 10.2. The van der Waals surface area contributed by atoms with E-state index in [4.69, 9.17) is 0 Å². The molecule has 0 aromatic rings. The van der Waals surface area contributed by atoms with Gasteiger partial charge in [0.15, 0.2) is 0 Å². The van der Waals surface area contributed by atoms with E-state index in [0.29, 0.717) is 22.7 Å². The molecule has 0 spiro atoms. The molecule has 0 saturated carbocycles. The van der Waals surface area contributed by atoms with Crippen LogP contribution in [-0.4, -0.2) is 0 Å². The van der Waals surface area contributed by atoms with Crippen LogP contribution in [0.2, 0.25) is 0 Å². The van der Waals surface area contributed by atoms with Crippen molar-refractivity contribution in [3.8, 4) is 0 Å². The summed E-state index contributed by atoms with van der Waals surface area (Å²) in [6.45, 7) is 24.3. The van der Waals surface area contributed by atoms with Crippen molar-refractivity contribution in [2.45, 2.75) is 94.9 Å². The van der Waals surface area contributed by atoms with Crippen LogP contribution in [0, 0.1) is 22.7 Å². The molecule has 0 heterocycles. The fourth-order valence-electron chi connectivity index (χ4n) is 5.11. The first-order valence-electron chi connectivity index (χ1n) is 11.3. The minimum absolute atomic E-state index is 0.335. The molecule has 2 aliphatic carbocycles. The standard InChI is InChI=1S/2C13H21.Zn/c2*1-6-13(5,10(2)3)12-8-7-11(4)9-12;/h2*8,10H,6-7H2,1-5H3;. The van der Waals surface area contributed by atoms with E-state index < -0.39 is 17.1 Å². The van der Waals surface area contributed by atoms with Gasteiger partial charge in [-0.25, -0.2) is 0 Å². The van der Waals surface area contributed by atoms with Gasteiger partial charge in [0, 0.05) is 0 Å². The molecule has 0 amide bonds. The van der Waals surface area contributed by atoms with Crippen molar-refractivity contribution in [2.75, 3.05) is 0 Å². The maximum absolute atomic E-state index is 2.59. The monoisotopic (exact) mass is 418 g/mol. The molecular weight excluding hydrogens is 378 g/mol. The first kappa shape index (κ1) is 22.9. The van der Waals surface area contributed by atoms with Gasteiger partial charge in [0.1, 0.15) is 0 Å². The molecule has 2 atom stereocenters. The van der Waals surface area contributed by atoms with Crippen LogP contribution in [0.25, 0.3) is 0 Å². The van der Waals surface area contributed by atoms with Crippen molar-refractivity contribution < 1.29 is 17.1 Å². The molecule has 0 aromatic heterocycles. The van der Waals surface area contributed by atoms with Crippen molar-refractivity contribution in [3.63, 3.8) is 0 Å². The Labute approximate surface area is 177 Å². The zero-order chi connectivity index (χ0) is 20.6. The van der Waals surface area contributed by atoms with Crippen molar-refractivity contribution in [2.24, 2.45) is 22.7 Å². The number of hydrogen-bond donors (Lipinski definition) is 0. The van der Waals surface area contributed by atoms with Gasteiger partial charge in [-0.1, -0.05) is 0 Å². The molecule has 0 bridgehead atoms. The zero-order valence-electron chi connectivity index (χ0n) is 19.8. The van der Waals surface area contributed by atoms with Gasteiger partial charge in [0.25, 0.3) is 0 Å². The summed E-state index contributed by atoms with van der Waals surface area (Å²) in [4.78, 5) is 0. The van der Waals surface area contributed by atoms with E-state index in [9.17, 15) is 0 Å². The SMILES string of the molecule is CCC(C)(C1=CCC(C)=[C]1[Zn][C]1=C(C)CC=C1C(C)(CC)C(C)C)C(C)C. The van der Waals surface area contributed by atoms with E-state index in [1.165, 1.54) is 25.7 Å².